The summed E-state index contributed by atoms with van der Waals surface area (Å²) in [4.78, 5) is 13.3. The first-order valence-corrected chi connectivity index (χ1v) is 12.1. The monoisotopic (exact) mass is 444 g/mol. The van der Waals surface area contributed by atoms with Gasteiger partial charge in [0.05, 0.1) is 0 Å². The van der Waals surface area contributed by atoms with Gasteiger partial charge in [-0.15, -0.1) is 0 Å². The highest BCUT2D eigenvalue weighted by Gasteiger charge is 2.28. The zero-order valence-corrected chi connectivity index (χ0v) is 21.0. The number of fused-ring (bicyclic) bond motifs is 3. The Morgan fingerprint density at radius 1 is 0.441 bits per heavy atom. The van der Waals surface area contributed by atoms with E-state index in [9.17, 15) is 4.79 Å². The molecule has 0 N–H and O–H groups in total. The highest BCUT2D eigenvalue weighted by Crippen LogP contribution is 2.44. The number of rotatable bonds is 2. The fraction of sp³-hybridized carbons (Fsp3) is 0.242. The first-order valence-electron chi connectivity index (χ1n) is 12.1. The standard InChI is InChI=1S/C33H32O/c1-32(2,3)23-15-11-21(12-16-23)27-19-29-25-9-7-8-10-26(25)31(34)30(29)20-28(27)22-13-17-24(18-14-22)33(4,5)6/h7-20H,1-6H3. The minimum absolute atomic E-state index is 0.0969. The Hall–Kier alpha value is -3.45. The lowest BCUT2D eigenvalue weighted by Gasteiger charge is -2.21. The Kier molecular flexibility index (Phi) is 5.13. The summed E-state index contributed by atoms with van der Waals surface area (Å²) in [5.41, 5.74) is 11.0. The summed E-state index contributed by atoms with van der Waals surface area (Å²) in [6.07, 6.45) is 0. The van der Waals surface area contributed by atoms with Crippen molar-refractivity contribution < 1.29 is 4.79 Å². The summed E-state index contributed by atoms with van der Waals surface area (Å²) in [6.45, 7) is 13.4. The second-order valence-electron chi connectivity index (χ2n) is 11.5. The highest BCUT2D eigenvalue weighted by atomic mass is 16.1. The molecule has 0 aliphatic heterocycles. The topological polar surface area (TPSA) is 17.1 Å². The molecule has 0 spiro atoms. The van der Waals surface area contributed by atoms with Crippen LogP contribution >= 0.6 is 0 Å². The van der Waals surface area contributed by atoms with Crippen LogP contribution in [-0.4, -0.2) is 5.78 Å². The number of ketones is 1. The van der Waals surface area contributed by atoms with E-state index in [1.165, 1.54) is 16.7 Å². The molecule has 0 atom stereocenters. The lowest BCUT2D eigenvalue weighted by atomic mass is 9.83. The maximum Gasteiger partial charge on any atom is 0.194 e. The van der Waals surface area contributed by atoms with Crippen LogP contribution in [0, 0.1) is 0 Å². The fourth-order valence-electron chi connectivity index (χ4n) is 4.85. The van der Waals surface area contributed by atoms with Crippen LogP contribution in [0.2, 0.25) is 0 Å². The molecule has 170 valence electrons. The van der Waals surface area contributed by atoms with Gasteiger partial charge in [-0.2, -0.15) is 0 Å². The smallest absolute Gasteiger partial charge is 0.194 e. The van der Waals surface area contributed by atoms with Gasteiger partial charge in [-0.3, -0.25) is 4.79 Å². The predicted molar refractivity (Wildman–Crippen MR) is 144 cm³/mol. The summed E-state index contributed by atoms with van der Waals surface area (Å²) in [7, 11) is 0. The molecule has 1 heteroatoms. The van der Waals surface area contributed by atoms with Crippen molar-refractivity contribution in [1.29, 1.82) is 0 Å². The molecular formula is C33H32O. The van der Waals surface area contributed by atoms with Crippen molar-refractivity contribution in [1.82, 2.24) is 0 Å². The highest BCUT2D eigenvalue weighted by molar-refractivity contribution is 6.22. The molecule has 0 radical (unpaired) electrons. The third kappa shape index (κ3) is 3.80. The first kappa shape index (κ1) is 22.3. The number of hydrogen-bond acceptors (Lipinski definition) is 1. The molecule has 0 aromatic heterocycles. The number of carbonyl (C=O) groups is 1. The third-order valence-corrected chi connectivity index (χ3v) is 6.99. The van der Waals surface area contributed by atoms with Gasteiger partial charge in [0.1, 0.15) is 0 Å². The normalized spacial score (nSPS) is 13.1. The van der Waals surface area contributed by atoms with E-state index in [-0.39, 0.29) is 16.6 Å². The zero-order chi connectivity index (χ0) is 24.3. The van der Waals surface area contributed by atoms with E-state index >= 15 is 0 Å². The van der Waals surface area contributed by atoms with Gasteiger partial charge < -0.3 is 0 Å². The van der Waals surface area contributed by atoms with Crippen LogP contribution in [0.1, 0.15) is 68.6 Å². The van der Waals surface area contributed by atoms with Crippen molar-refractivity contribution >= 4 is 5.78 Å². The molecule has 0 saturated carbocycles. The summed E-state index contributed by atoms with van der Waals surface area (Å²) in [5, 5.41) is 0. The molecule has 4 aromatic carbocycles. The predicted octanol–water partition coefficient (Wildman–Crippen LogP) is 8.83. The van der Waals surface area contributed by atoms with Gasteiger partial charge in [0.15, 0.2) is 5.78 Å². The quantitative estimate of drug-likeness (QED) is 0.266. The minimum atomic E-state index is 0.0969. The average molecular weight is 445 g/mol. The second kappa shape index (κ2) is 7.81. The van der Waals surface area contributed by atoms with E-state index in [4.69, 9.17) is 0 Å². The number of hydrogen-bond donors (Lipinski definition) is 0. The van der Waals surface area contributed by atoms with Gasteiger partial charge in [-0.25, -0.2) is 0 Å². The van der Waals surface area contributed by atoms with Gasteiger partial charge in [0, 0.05) is 11.1 Å². The van der Waals surface area contributed by atoms with Crippen LogP contribution < -0.4 is 0 Å². The summed E-state index contributed by atoms with van der Waals surface area (Å²) < 4.78 is 0. The van der Waals surface area contributed by atoms with Gasteiger partial charge in [0.2, 0.25) is 0 Å². The SMILES string of the molecule is CC(C)(C)c1ccc(-c2cc3c(cc2-c2ccc(C(C)(C)C)cc2)-c2ccccc2C3=O)cc1. The van der Waals surface area contributed by atoms with Crippen LogP contribution in [0.4, 0.5) is 0 Å². The minimum Gasteiger partial charge on any atom is -0.289 e. The lowest BCUT2D eigenvalue weighted by molar-refractivity contribution is 0.104. The van der Waals surface area contributed by atoms with Gasteiger partial charge in [-0.1, -0.05) is 114 Å². The van der Waals surface area contributed by atoms with Gasteiger partial charge in [-0.05, 0) is 67.5 Å². The van der Waals surface area contributed by atoms with Crippen molar-refractivity contribution in [3.05, 3.63) is 107 Å². The van der Waals surface area contributed by atoms with Gasteiger partial charge in [0.25, 0.3) is 0 Å². The summed E-state index contributed by atoms with van der Waals surface area (Å²) in [6, 6.07) is 30.0. The van der Waals surface area contributed by atoms with Crippen molar-refractivity contribution in [2.75, 3.05) is 0 Å². The largest absolute Gasteiger partial charge is 0.289 e. The van der Waals surface area contributed by atoms with E-state index in [1.807, 2.05) is 18.2 Å². The number of carbonyl (C=O) groups excluding carboxylic acids is 1. The maximum absolute atomic E-state index is 13.3. The molecule has 0 fully saturated rings. The molecule has 1 aliphatic rings. The van der Waals surface area contributed by atoms with E-state index in [2.05, 4.69) is 108 Å². The van der Waals surface area contributed by atoms with Crippen LogP contribution in [0.25, 0.3) is 33.4 Å². The van der Waals surface area contributed by atoms with Crippen molar-refractivity contribution in [3.63, 3.8) is 0 Å². The average Bonchev–Trinajstić information content (AvgIpc) is 3.09. The molecule has 4 aromatic rings. The summed E-state index contributed by atoms with van der Waals surface area (Å²) in [5.74, 6) is 0.118. The third-order valence-electron chi connectivity index (χ3n) is 6.99. The lowest BCUT2D eigenvalue weighted by Crippen LogP contribution is -2.10. The molecule has 1 aliphatic carbocycles. The van der Waals surface area contributed by atoms with E-state index < -0.39 is 0 Å². The molecule has 0 saturated heterocycles. The van der Waals surface area contributed by atoms with Crippen molar-refractivity contribution in [2.24, 2.45) is 0 Å². The molecule has 1 nitrogen and oxygen atoms in total. The molecule has 0 bridgehead atoms. The fourth-order valence-corrected chi connectivity index (χ4v) is 4.85. The van der Waals surface area contributed by atoms with E-state index in [0.29, 0.717) is 0 Å². The molecule has 34 heavy (non-hydrogen) atoms. The van der Waals surface area contributed by atoms with Crippen LogP contribution in [-0.2, 0) is 10.8 Å². The Labute approximate surface area is 203 Å². The number of benzene rings is 4. The Balaban J connectivity index is 1.72. The zero-order valence-electron chi connectivity index (χ0n) is 21.0. The maximum atomic E-state index is 13.3. The van der Waals surface area contributed by atoms with Crippen LogP contribution in [0.15, 0.2) is 84.9 Å². The Bertz CT molecular complexity index is 1390. The van der Waals surface area contributed by atoms with Crippen molar-refractivity contribution in [3.8, 4) is 33.4 Å². The first-order chi connectivity index (χ1) is 16.0. The second-order valence-corrected chi connectivity index (χ2v) is 11.5. The van der Waals surface area contributed by atoms with Crippen LogP contribution in [0.3, 0.4) is 0 Å². The molecule has 0 unspecified atom stereocenters. The molecule has 0 heterocycles. The molecule has 5 rings (SSSR count). The Morgan fingerprint density at radius 3 is 1.29 bits per heavy atom. The van der Waals surface area contributed by atoms with Gasteiger partial charge >= 0.3 is 0 Å². The summed E-state index contributed by atoms with van der Waals surface area (Å²) >= 11 is 0. The van der Waals surface area contributed by atoms with Crippen LogP contribution in [0.5, 0.6) is 0 Å². The molecular weight excluding hydrogens is 412 g/mol. The molecule has 0 amide bonds. The Morgan fingerprint density at radius 2 is 0.853 bits per heavy atom. The van der Waals surface area contributed by atoms with E-state index in [1.54, 1.807) is 0 Å². The van der Waals surface area contributed by atoms with E-state index in [0.717, 1.165) is 38.9 Å². The van der Waals surface area contributed by atoms with Crippen molar-refractivity contribution in [2.45, 2.75) is 52.4 Å².